The number of hydrogen-bond donors (Lipinski definition) is 1. The molecule has 1 saturated heterocycles. The van der Waals surface area contributed by atoms with Gasteiger partial charge in [0, 0.05) is 12.8 Å². The maximum atomic E-state index is 11.9. The quantitative estimate of drug-likeness (QED) is 0.752. The zero-order valence-electron chi connectivity index (χ0n) is 11.5. The van der Waals surface area contributed by atoms with Crippen molar-refractivity contribution < 1.29 is 14.3 Å². The lowest BCUT2D eigenvalue weighted by Crippen LogP contribution is -2.46. The number of esters is 1. The molecule has 0 amide bonds. The summed E-state index contributed by atoms with van der Waals surface area (Å²) in [6.07, 6.45) is 1.74. The monoisotopic (exact) mass is 243 g/mol. The molecule has 0 bridgehead atoms. The fourth-order valence-electron chi connectivity index (χ4n) is 2.03. The van der Waals surface area contributed by atoms with Crippen LogP contribution in [0.25, 0.3) is 0 Å². The maximum absolute atomic E-state index is 11.9. The van der Waals surface area contributed by atoms with Crippen molar-refractivity contribution in [3.05, 3.63) is 0 Å². The molecular weight excluding hydrogens is 218 g/mol. The molecule has 100 valence electrons. The molecule has 1 aliphatic rings. The number of carbonyl (C=O) groups is 1. The lowest BCUT2D eigenvalue weighted by molar-refractivity contribution is -0.163. The molecule has 0 aromatic rings. The molecular formula is C13H25NO3. The average molecular weight is 243 g/mol. The van der Waals surface area contributed by atoms with Gasteiger partial charge in [0.15, 0.2) is 0 Å². The molecule has 1 aliphatic heterocycles. The molecule has 17 heavy (non-hydrogen) atoms. The van der Waals surface area contributed by atoms with Gasteiger partial charge in [-0.3, -0.25) is 4.79 Å². The second-order valence-electron chi connectivity index (χ2n) is 6.13. The number of carbonyl (C=O) groups excluding carboxylic acids is 1. The van der Waals surface area contributed by atoms with Crippen molar-refractivity contribution in [3.63, 3.8) is 0 Å². The molecule has 4 heteroatoms. The summed E-state index contributed by atoms with van der Waals surface area (Å²) in [6.45, 7) is 9.82. The van der Waals surface area contributed by atoms with Crippen molar-refractivity contribution in [1.29, 1.82) is 0 Å². The summed E-state index contributed by atoms with van der Waals surface area (Å²) in [4.78, 5) is 11.9. The van der Waals surface area contributed by atoms with Crippen molar-refractivity contribution in [2.75, 3.05) is 0 Å². The van der Waals surface area contributed by atoms with Gasteiger partial charge in [0.05, 0.1) is 12.2 Å². The molecule has 1 rings (SSSR count). The maximum Gasteiger partial charge on any atom is 0.323 e. The molecule has 3 atom stereocenters. The van der Waals surface area contributed by atoms with Gasteiger partial charge in [0.1, 0.15) is 12.1 Å². The Morgan fingerprint density at radius 1 is 1.29 bits per heavy atom. The molecule has 0 spiro atoms. The van der Waals surface area contributed by atoms with Gasteiger partial charge in [-0.15, -0.1) is 0 Å². The highest BCUT2D eigenvalue weighted by atomic mass is 16.6. The normalized spacial score (nSPS) is 32.0. The molecule has 1 heterocycles. The summed E-state index contributed by atoms with van der Waals surface area (Å²) in [5.74, 6) is -0.302. The van der Waals surface area contributed by atoms with Crippen LogP contribution in [-0.4, -0.2) is 30.3 Å². The van der Waals surface area contributed by atoms with Crippen LogP contribution in [-0.2, 0) is 14.3 Å². The van der Waals surface area contributed by atoms with Gasteiger partial charge in [-0.1, -0.05) is 20.8 Å². The Balaban J connectivity index is 2.51. The highest BCUT2D eigenvalue weighted by Crippen LogP contribution is 2.24. The summed E-state index contributed by atoms with van der Waals surface area (Å²) < 4.78 is 11.1. The molecule has 0 aromatic carbocycles. The van der Waals surface area contributed by atoms with E-state index in [4.69, 9.17) is 15.2 Å². The van der Waals surface area contributed by atoms with Crippen LogP contribution >= 0.6 is 0 Å². The van der Waals surface area contributed by atoms with E-state index in [-0.39, 0.29) is 29.7 Å². The highest BCUT2D eigenvalue weighted by Gasteiger charge is 2.33. The number of ether oxygens (including phenoxy) is 2. The summed E-state index contributed by atoms with van der Waals surface area (Å²) in [7, 11) is 0. The van der Waals surface area contributed by atoms with Gasteiger partial charge in [0.25, 0.3) is 0 Å². The minimum atomic E-state index is -0.573. The van der Waals surface area contributed by atoms with Crippen LogP contribution in [0.2, 0.25) is 0 Å². The molecule has 0 aromatic heterocycles. The predicted octanol–water partition coefficient (Wildman–Crippen LogP) is 1.86. The lowest BCUT2D eigenvalue weighted by atomic mass is 9.87. The van der Waals surface area contributed by atoms with E-state index >= 15 is 0 Å². The molecule has 1 fully saturated rings. The minimum absolute atomic E-state index is 0.0605. The first-order chi connectivity index (χ1) is 7.70. The zero-order chi connectivity index (χ0) is 13.2. The largest absolute Gasteiger partial charge is 0.461 e. The van der Waals surface area contributed by atoms with E-state index < -0.39 is 6.04 Å². The van der Waals surface area contributed by atoms with Crippen molar-refractivity contribution in [2.45, 2.75) is 71.8 Å². The van der Waals surface area contributed by atoms with Crippen LogP contribution in [0.1, 0.15) is 47.5 Å². The Labute approximate surface area is 104 Å². The van der Waals surface area contributed by atoms with Gasteiger partial charge in [0.2, 0.25) is 0 Å². The first-order valence-electron chi connectivity index (χ1n) is 6.31. The Morgan fingerprint density at radius 3 is 2.18 bits per heavy atom. The van der Waals surface area contributed by atoms with Gasteiger partial charge < -0.3 is 15.2 Å². The Bertz CT molecular complexity index is 262. The molecule has 2 N–H and O–H groups in total. The third kappa shape index (κ3) is 4.28. The number of nitrogens with two attached hydrogens (primary N) is 1. The lowest BCUT2D eigenvalue weighted by Gasteiger charge is -2.33. The van der Waals surface area contributed by atoms with Crippen LogP contribution in [0.15, 0.2) is 0 Å². The topological polar surface area (TPSA) is 61.5 Å². The van der Waals surface area contributed by atoms with Crippen LogP contribution in [0.3, 0.4) is 0 Å². The van der Waals surface area contributed by atoms with E-state index in [2.05, 4.69) is 0 Å². The van der Waals surface area contributed by atoms with Crippen LogP contribution < -0.4 is 5.73 Å². The SMILES string of the molecule is CC1CC(OC(=O)C(N)C(C)(C)C)CC(C)O1. The summed E-state index contributed by atoms with van der Waals surface area (Å²) in [5.41, 5.74) is 5.61. The van der Waals surface area contributed by atoms with Gasteiger partial charge in [-0.05, 0) is 19.3 Å². The van der Waals surface area contributed by atoms with E-state index in [1.807, 2.05) is 34.6 Å². The van der Waals surface area contributed by atoms with Crippen molar-refractivity contribution in [2.24, 2.45) is 11.1 Å². The molecule has 4 nitrogen and oxygen atoms in total. The van der Waals surface area contributed by atoms with Gasteiger partial charge in [-0.2, -0.15) is 0 Å². The first-order valence-corrected chi connectivity index (χ1v) is 6.31. The fourth-order valence-corrected chi connectivity index (χ4v) is 2.03. The zero-order valence-corrected chi connectivity index (χ0v) is 11.5. The standard InChI is InChI=1S/C13H25NO3/c1-8-6-10(7-9(2)16-8)17-12(15)11(14)13(3,4)5/h8-11H,6-7,14H2,1-5H3. The third-order valence-corrected chi connectivity index (χ3v) is 3.12. The van der Waals surface area contributed by atoms with Crippen molar-refractivity contribution >= 4 is 5.97 Å². The number of rotatable bonds is 2. The number of hydrogen-bond acceptors (Lipinski definition) is 4. The molecule has 0 aliphatic carbocycles. The Hall–Kier alpha value is -0.610. The third-order valence-electron chi connectivity index (χ3n) is 3.12. The highest BCUT2D eigenvalue weighted by molar-refractivity contribution is 5.76. The van der Waals surface area contributed by atoms with E-state index in [0.29, 0.717) is 0 Å². The van der Waals surface area contributed by atoms with Crippen molar-refractivity contribution in [3.8, 4) is 0 Å². The van der Waals surface area contributed by atoms with E-state index in [1.165, 1.54) is 0 Å². The smallest absolute Gasteiger partial charge is 0.323 e. The van der Waals surface area contributed by atoms with Gasteiger partial charge >= 0.3 is 5.97 Å². The second-order valence-corrected chi connectivity index (χ2v) is 6.13. The Morgan fingerprint density at radius 2 is 1.76 bits per heavy atom. The summed E-state index contributed by atoms with van der Waals surface area (Å²) >= 11 is 0. The molecule has 0 radical (unpaired) electrons. The summed E-state index contributed by atoms with van der Waals surface area (Å²) in [5, 5.41) is 0. The fraction of sp³-hybridized carbons (Fsp3) is 0.923. The van der Waals surface area contributed by atoms with E-state index in [0.717, 1.165) is 12.8 Å². The predicted molar refractivity (Wildman–Crippen MR) is 66.6 cm³/mol. The first kappa shape index (κ1) is 14.5. The minimum Gasteiger partial charge on any atom is -0.461 e. The summed E-state index contributed by atoms with van der Waals surface area (Å²) in [6, 6.07) is -0.573. The van der Waals surface area contributed by atoms with Crippen LogP contribution in [0.5, 0.6) is 0 Å². The van der Waals surface area contributed by atoms with E-state index in [9.17, 15) is 4.79 Å². The van der Waals surface area contributed by atoms with Crippen LogP contribution in [0, 0.1) is 5.41 Å². The Kier molecular flexibility index (Phi) is 4.55. The molecule has 0 saturated carbocycles. The van der Waals surface area contributed by atoms with Gasteiger partial charge in [-0.25, -0.2) is 0 Å². The van der Waals surface area contributed by atoms with Crippen molar-refractivity contribution in [1.82, 2.24) is 0 Å². The average Bonchev–Trinajstić information content (AvgIpc) is 2.13. The second kappa shape index (κ2) is 5.36. The van der Waals surface area contributed by atoms with E-state index in [1.54, 1.807) is 0 Å². The molecule has 3 unspecified atom stereocenters. The van der Waals surface area contributed by atoms with Crippen LogP contribution in [0.4, 0.5) is 0 Å².